The average molecular weight is 680 g/mol. The minimum atomic E-state index is -1.65. The van der Waals surface area contributed by atoms with Gasteiger partial charge in [0.15, 0.2) is 0 Å². The second-order valence-electron chi connectivity index (χ2n) is 3.58. The van der Waals surface area contributed by atoms with Crippen LogP contribution in [0.3, 0.4) is 0 Å². The number of hydrogen-bond donors (Lipinski definition) is 0. The Hall–Kier alpha value is 1.11. The molecule has 0 aromatic heterocycles. The molecule has 0 aromatic carbocycles. The molecule has 0 aromatic rings. The number of alkyl halides is 9. The normalized spacial score (nSPS) is 11.9. The third-order valence-electron chi connectivity index (χ3n) is 1.23. The third kappa shape index (κ3) is 50.6. The van der Waals surface area contributed by atoms with Crippen LogP contribution in [-0.4, -0.2) is 55.1 Å². The monoisotopic (exact) mass is 676 g/mol. The van der Waals surface area contributed by atoms with Gasteiger partial charge in [0.05, 0.1) is 17.9 Å². The summed E-state index contributed by atoms with van der Waals surface area (Å²) < 4.78 is -4.96. The zero-order valence-electron chi connectivity index (χ0n) is 12.9. The molecule has 0 aliphatic carbocycles. The van der Waals surface area contributed by atoms with E-state index in [1.165, 1.54) is 0 Å². The first-order valence-electron chi connectivity index (χ1n) is 5.66. The van der Waals surface area contributed by atoms with Crippen molar-refractivity contribution in [3.05, 3.63) is 36.5 Å². The molecule has 0 unspecified atom stereocenters. The standard InChI is InChI=1S/3C4H3Cl3O2.In/c3*5-4(6,7)2-1-3(8)9;/h3*1-2H,(H,8,9);/q;;;+3/p-3/b3*2-1+;. The quantitative estimate of drug-likeness (QED) is 0.330. The molecule has 0 atom stereocenters. The van der Waals surface area contributed by atoms with Crippen molar-refractivity contribution >= 4 is 148 Å². The average Bonchev–Trinajstić information content (AvgIpc) is 2.40. The molecule has 0 fully saturated rings. The molecule has 0 amide bonds. The van der Waals surface area contributed by atoms with E-state index in [1.54, 1.807) is 0 Å². The number of carboxylic acid groups (broad SMARTS) is 3. The zero-order chi connectivity index (χ0) is 22.5. The summed E-state index contributed by atoms with van der Waals surface area (Å²) in [5, 5.41) is 29.0. The Morgan fingerprint density at radius 2 is 0.643 bits per heavy atom. The number of carboxylic acids is 3. The topological polar surface area (TPSA) is 120 Å². The van der Waals surface area contributed by atoms with Gasteiger partial charge in [0.1, 0.15) is 0 Å². The van der Waals surface area contributed by atoms with Gasteiger partial charge in [-0.1, -0.05) is 104 Å². The van der Waals surface area contributed by atoms with Crippen LogP contribution in [0.4, 0.5) is 0 Å². The van der Waals surface area contributed by atoms with Crippen molar-refractivity contribution in [3.63, 3.8) is 0 Å². The molecule has 0 saturated heterocycles. The van der Waals surface area contributed by atoms with E-state index < -0.39 is 29.3 Å². The number of allylic oxidation sites excluding steroid dienone is 3. The minimum Gasteiger partial charge on any atom is -0.545 e. The molecule has 0 spiro atoms. The van der Waals surface area contributed by atoms with E-state index in [9.17, 15) is 29.7 Å². The van der Waals surface area contributed by atoms with Gasteiger partial charge >= 0.3 is 25.8 Å². The number of hydrogen-bond acceptors (Lipinski definition) is 6. The number of aliphatic carboxylic acids is 3. The van der Waals surface area contributed by atoms with Crippen LogP contribution in [-0.2, 0) is 14.4 Å². The first-order valence-corrected chi connectivity index (χ1v) is 9.06. The van der Waals surface area contributed by atoms with Gasteiger partial charge in [0, 0.05) is 0 Å². The SMILES string of the molecule is O=C([O-])/C=C/C(Cl)(Cl)Cl.O=C([O-])/C=C/C(Cl)(Cl)Cl.O=C([O-])/C=C/C(Cl)(Cl)Cl.[In+3]. The summed E-state index contributed by atoms with van der Waals surface area (Å²) in [6, 6.07) is 0. The Bertz CT molecular complexity index is 493. The maximum absolute atomic E-state index is 9.67. The van der Waals surface area contributed by atoms with Crippen molar-refractivity contribution in [2.75, 3.05) is 0 Å². The number of carbonyl (C=O) groups is 3. The van der Waals surface area contributed by atoms with Crippen molar-refractivity contribution in [3.8, 4) is 0 Å². The van der Waals surface area contributed by atoms with Crippen molar-refractivity contribution in [2.24, 2.45) is 0 Å². The Morgan fingerprint density at radius 1 is 0.500 bits per heavy atom. The van der Waals surface area contributed by atoms with E-state index in [1.807, 2.05) is 0 Å². The van der Waals surface area contributed by atoms with Crippen LogP contribution in [0.25, 0.3) is 0 Å². The molecule has 0 aliphatic rings. The predicted octanol–water partition coefficient (Wildman–Crippen LogP) is 1.61. The van der Waals surface area contributed by atoms with Gasteiger partial charge in [0.2, 0.25) is 11.4 Å². The van der Waals surface area contributed by atoms with Crippen LogP contribution >= 0.6 is 104 Å². The van der Waals surface area contributed by atoms with Gasteiger partial charge in [-0.25, -0.2) is 0 Å². The fraction of sp³-hybridized carbons (Fsp3) is 0.250. The van der Waals surface area contributed by atoms with E-state index in [0.29, 0.717) is 18.2 Å². The Balaban J connectivity index is -0.000000152. The zero-order valence-corrected chi connectivity index (χ0v) is 23.0. The second-order valence-corrected chi connectivity index (χ2v) is 10.7. The molecule has 0 radical (unpaired) electrons. The van der Waals surface area contributed by atoms with Gasteiger partial charge < -0.3 is 29.7 Å². The Kier molecular flexibility index (Phi) is 23.1. The molecule has 6 nitrogen and oxygen atoms in total. The molecule has 0 aliphatic heterocycles. The van der Waals surface area contributed by atoms with Crippen LogP contribution in [0.5, 0.6) is 0 Å². The maximum Gasteiger partial charge on any atom is 3.00 e. The van der Waals surface area contributed by atoms with E-state index >= 15 is 0 Å². The van der Waals surface area contributed by atoms with Crippen molar-refractivity contribution in [1.82, 2.24) is 0 Å². The molecular weight excluding hydrogens is 674 g/mol. The van der Waals surface area contributed by atoms with Crippen LogP contribution in [0.15, 0.2) is 36.5 Å². The Labute approximate surface area is 223 Å². The summed E-state index contributed by atoms with van der Waals surface area (Å²) in [7, 11) is 0. The third-order valence-corrected chi connectivity index (χ3v) is 2.36. The van der Waals surface area contributed by atoms with E-state index in [4.69, 9.17) is 104 Å². The summed E-state index contributed by atoms with van der Waals surface area (Å²) in [6.07, 6.45) is 4.67. The van der Waals surface area contributed by atoms with E-state index in [0.717, 1.165) is 18.2 Å². The first-order chi connectivity index (χ1) is 11.7. The largest absolute Gasteiger partial charge is 3.00 e. The van der Waals surface area contributed by atoms with Gasteiger partial charge in [-0.3, -0.25) is 0 Å². The first kappa shape index (κ1) is 36.5. The van der Waals surface area contributed by atoms with Gasteiger partial charge in [-0.15, -0.1) is 0 Å². The number of rotatable bonds is 3. The molecule has 16 heteroatoms. The second kappa shape index (κ2) is 17.8. The van der Waals surface area contributed by atoms with E-state index in [2.05, 4.69) is 0 Å². The molecule has 0 heterocycles. The predicted molar refractivity (Wildman–Crippen MR) is 109 cm³/mol. The van der Waals surface area contributed by atoms with Crippen LogP contribution in [0.2, 0.25) is 0 Å². The summed E-state index contributed by atoms with van der Waals surface area (Å²) in [4.78, 5) is 29.0. The smallest absolute Gasteiger partial charge is 0.545 e. The van der Waals surface area contributed by atoms with Crippen LogP contribution < -0.4 is 15.3 Å². The van der Waals surface area contributed by atoms with Gasteiger partial charge in [-0.05, 0) is 36.5 Å². The maximum atomic E-state index is 9.67. The van der Waals surface area contributed by atoms with Gasteiger partial charge in [-0.2, -0.15) is 0 Å². The molecular formula is C12H6Cl9InO6. The molecule has 0 bridgehead atoms. The molecule has 0 saturated carbocycles. The Morgan fingerprint density at radius 3 is 0.679 bits per heavy atom. The minimum absolute atomic E-state index is 0. The molecule has 28 heavy (non-hydrogen) atoms. The molecule has 0 rings (SSSR count). The van der Waals surface area contributed by atoms with Crippen molar-refractivity contribution in [1.29, 1.82) is 0 Å². The summed E-state index contributed by atoms with van der Waals surface area (Å²) in [5.41, 5.74) is 0. The van der Waals surface area contributed by atoms with Crippen molar-refractivity contribution < 1.29 is 29.7 Å². The fourth-order valence-corrected chi connectivity index (χ4v) is 1.05. The van der Waals surface area contributed by atoms with E-state index in [-0.39, 0.29) is 25.8 Å². The molecule has 156 valence electrons. The summed E-state index contributed by atoms with van der Waals surface area (Å²) in [5.74, 6) is -4.16. The van der Waals surface area contributed by atoms with Crippen molar-refractivity contribution in [2.45, 2.75) is 11.4 Å². The summed E-state index contributed by atoms with van der Waals surface area (Å²) >= 11 is 46.2. The van der Waals surface area contributed by atoms with Crippen LogP contribution in [0.1, 0.15) is 0 Å². The molecule has 0 N–H and O–H groups in total. The number of halogens is 9. The summed E-state index contributed by atoms with van der Waals surface area (Å²) in [6.45, 7) is 0. The fourth-order valence-electron chi connectivity index (χ4n) is 0.488. The van der Waals surface area contributed by atoms with Gasteiger partial charge in [0.25, 0.3) is 0 Å². The van der Waals surface area contributed by atoms with Crippen LogP contribution in [0, 0.1) is 0 Å². The number of carbonyl (C=O) groups excluding carboxylic acids is 3.